The molecule has 0 aromatic heterocycles. The average Bonchev–Trinajstić information content (AvgIpc) is 2.12. The number of hydrogen-bond acceptors (Lipinski definition) is 4. The Morgan fingerprint density at radius 1 is 0.923 bits per heavy atom. The molecule has 0 radical (unpaired) electrons. The minimum atomic E-state index is 0.750. The van der Waals surface area contributed by atoms with Crippen molar-refractivity contribution in [3.05, 3.63) is 0 Å². The fourth-order valence-electron chi connectivity index (χ4n) is 0.250. The van der Waals surface area contributed by atoms with Crippen LogP contribution in [0.4, 0.5) is 0 Å². The molecule has 0 aromatic carbocycles. The Balaban J connectivity index is -0.0000000446. The van der Waals surface area contributed by atoms with Crippen LogP contribution in [0.2, 0.25) is 0 Å². The first-order valence-corrected chi connectivity index (χ1v) is 4.81. The molecule has 0 spiro atoms. The minimum Gasteiger partial charge on any atom is -0.333 e. The highest BCUT2D eigenvalue weighted by Gasteiger charge is 1.62. The molecule has 0 amide bonds. The average molecular weight is 194 g/mol. The molecule has 13 heavy (non-hydrogen) atoms. The lowest BCUT2D eigenvalue weighted by Gasteiger charge is -1.86. The van der Waals surface area contributed by atoms with Gasteiger partial charge >= 0.3 is 0 Å². The van der Waals surface area contributed by atoms with Crippen LogP contribution in [0.1, 0.15) is 20.8 Å². The first-order chi connectivity index (χ1) is 6.24. The zero-order valence-electron chi connectivity index (χ0n) is 10.3. The molecule has 86 valence electrons. The predicted molar refractivity (Wildman–Crippen MR) is 64.0 cm³/mol. The van der Waals surface area contributed by atoms with Crippen LogP contribution >= 0.6 is 0 Å². The maximum absolute atomic E-state index is 4.85. The third kappa shape index (κ3) is 339. The van der Waals surface area contributed by atoms with Gasteiger partial charge in [-0.2, -0.15) is 0 Å². The molecule has 4 heteroatoms. The molecule has 0 fully saturated rings. The molecule has 0 aliphatic rings. The largest absolute Gasteiger partial charge is 0.333 e. The van der Waals surface area contributed by atoms with Crippen LogP contribution in [0.15, 0.2) is 0 Å². The van der Waals surface area contributed by atoms with E-state index in [4.69, 9.17) is 5.73 Å². The summed E-state index contributed by atoms with van der Waals surface area (Å²) in [6, 6.07) is 0. The van der Waals surface area contributed by atoms with Crippen LogP contribution in [-0.4, -0.2) is 40.8 Å². The van der Waals surface area contributed by atoms with Crippen molar-refractivity contribution in [3.8, 4) is 0 Å². The van der Waals surface area contributed by atoms with Gasteiger partial charge in [-0.05, 0) is 40.8 Å². The van der Waals surface area contributed by atoms with E-state index in [2.05, 4.69) is 30.2 Å². The summed E-state index contributed by atoms with van der Waals surface area (Å²) in [5.41, 5.74) is 9.35. The third-order valence-electron chi connectivity index (χ3n) is 0.500. The van der Waals surface area contributed by atoms with Crippen molar-refractivity contribution in [1.82, 2.24) is 10.6 Å². The van der Waals surface area contributed by atoms with Crippen LogP contribution in [0.25, 0.3) is 0 Å². The van der Waals surface area contributed by atoms with Crippen LogP contribution in [-0.2, 0) is 0 Å². The number of hydrogen-bond donors (Lipinski definition) is 4. The first-order valence-electron chi connectivity index (χ1n) is 4.81. The quantitative estimate of drug-likeness (QED) is 0.499. The molecule has 0 aromatic rings. The van der Waals surface area contributed by atoms with E-state index in [0.717, 1.165) is 19.6 Å². The Morgan fingerprint density at radius 2 is 1.08 bits per heavy atom. The molecular formula is C9H30N4. The molecule has 4 nitrogen and oxygen atoms in total. The topological polar surface area (TPSA) is 76.1 Å². The predicted octanol–water partition coefficient (Wildman–Crippen LogP) is -0.00870. The summed E-state index contributed by atoms with van der Waals surface area (Å²) in [7, 11) is 5.25. The minimum absolute atomic E-state index is 0.750. The van der Waals surface area contributed by atoms with Gasteiger partial charge in [-0.1, -0.05) is 20.8 Å². The summed E-state index contributed by atoms with van der Waals surface area (Å²) in [6.45, 7) is 9.04. The van der Waals surface area contributed by atoms with Gasteiger partial charge in [0.25, 0.3) is 0 Å². The summed E-state index contributed by atoms with van der Waals surface area (Å²) < 4.78 is 0. The maximum Gasteiger partial charge on any atom is -0.00775 e. The molecule has 0 saturated heterocycles. The van der Waals surface area contributed by atoms with E-state index >= 15 is 0 Å². The second kappa shape index (κ2) is 59.4. The van der Waals surface area contributed by atoms with E-state index in [1.54, 1.807) is 0 Å². The third-order valence-corrected chi connectivity index (χ3v) is 0.500. The second-order valence-electron chi connectivity index (χ2n) is 1.87. The van der Waals surface area contributed by atoms with Crippen molar-refractivity contribution in [2.45, 2.75) is 20.8 Å². The molecule has 0 aliphatic heterocycles. The lowest BCUT2D eigenvalue weighted by Crippen LogP contribution is -2.09. The first kappa shape index (κ1) is 23.0. The molecule has 0 atom stereocenters. The van der Waals surface area contributed by atoms with Crippen molar-refractivity contribution in [2.75, 3.05) is 40.8 Å². The van der Waals surface area contributed by atoms with Gasteiger partial charge in [-0.25, -0.2) is 0 Å². The molecule has 0 saturated carbocycles. The Bertz CT molecular complexity index is 30.8. The van der Waals surface area contributed by atoms with Crippen molar-refractivity contribution in [2.24, 2.45) is 11.5 Å². The summed E-state index contributed by atoms with van der Waals surface area (Å²) in [4.78, 5) is 0. The standard InChI is InChI=1S/C4H11N.2C2H7N.CH5N/c1-3-5-4-2;1-3-2;1-2-3;1-2/h5H,3-4H2,1-2H3;3H,1-2H3;2-3H2,1H3;2H2,1H3. The van der Waals surface area contributed by atoms with Gasteiger partial charge in [0, 0.05) is 0 Å². The van der Waals surface area contributed by atoms with E-state index in [-0.39, 0.29) is 0 Å². The molecule has 0 aliphatic carbocycles. The number of nitrogens with one attached hydrogen (secondary N) is 2. The van der Waals surface area contributed by atoms with E-state index in [9.17, 15) is 0 Å². The van der Waals surface area contributed by atoms with Crippen molar-refractivity contribution in [1.29, 1.82) is 0 Å². The molecule has 0 bridgehead atoms. The van der Waals surface area contributed by atoms with Crippen LogP contribution in [0.5, 0.6) is 0 Å². The monoisotopic (exact) mass is 194 g/mol. The smallest absolute Gasteiger partial charge is 0.00775 e. The summed E-state index contributed by atoms with van der Waals surface area (Å²) in [5.74, 6) is 0. The fraction of sp³-hybridized carbons (Fsp3) is 1.00. The molecule has 0 heterocycles. The van der Waals surface area contributed by atoms with Gasteiger partial charge in [0.1, 0.15) is 0 Å². The lowest BCUT2D eigenvalue weighted by atomic mass is 10.7. The lowest BCUT2D eigenvalue weighted by molar-refractivity contribution is 0.762. The Morgan fingerprint density at radius 3 is 1.08 bits per heavy atom. The summed E-state index contributed by atoms with van der Waals surface area (Å²) in [5, 5.41) is 5.86. The fourth-order valence-corrected chi connectivity index (χ4v) is 0.250. The van der Waals surface area contributed by atoms with Gasteiger partial charge in [-0.3, -0.25) is 0 Å². The Hall–Kier alpha value is -0.160. The van der Waals surface area contributed by atoms with E-state index in [0.29, 0.717) is 0 Å². The maximum atomic E-state index is 4.85. The van der Waals surface area contributed by atoms with Gasteiger partial charge < -0.3 is 22.1 Å². The molecule has 0 rings (SSSR count). The van der Waals surface area contributed by atoms with Crippen molar-refractivity contribution < 1.29 is 0 Å². The number of rotatable bonds is 2. The van der Waals surface area contributed by atoms with E-state index in [1.165, 1.54) is 7.05 Å². The van der Waals surface area contributed by atoms with Crippen molar-refractivity contribution >= 4 is 0 Å². The van der Waals surface area contributed by atoms with Crippen LogP contribution < -0.4 is 22.1 Å². The summed E-state index contributed by atoms with van der Waals surface area (Å²) >= 11 is 0. The highest BCUT2D eigenvalue weighted by atomic mass is 14.8. The van der Waals surface area contributed by atoms with Crippen LogP contribution in [0.3, 0.4) is 0 Å². The van der Waals surface area contributed by atoms with Crippen LogP contribution in [0, 0.1) is 0 Å². The highest BCUT2D eigenvalue weighted by molar-refractivity contribution is 4.27. The Kier molecular flexibility index (Phi) is 105. The SMILES string of the molecule is CCN.CCNCC.CN.CNC. The zero-order chi connectivity index (χ0) is 11.5. The normalized spacial score (nSPS) is 6.46. The summed E-state index contributed by atoms with van der Waals surface area (Å²) in [6.07, 6.45) is 0. The van der Waals surface area contributed by atoms with Gasteiger partial charge in [0.2, 0.25) is 0 Å². The van der Waals surface area contributed by atoms with Gasteiger partial charge in [0.05, 0.1) is 0 Å². The van der Waals surface area contributed by atoms with Gasteiger partial charge in [0.15, 0.2) is 0 Å². The zero-order valence-corrected chi connectivity index (χ0v) is 10.3. The van der Waals surface area contributed by atoms with Crippen molar-refractivity contribution in [3.63, 3.8) is 0 Å². The number of nitrogens with two attached hydrogens (primary N) is 2. The van der Waals surface area contributed by atoms with E-state index < -0.39 is 0 Å². The molecule has 6 N–H and O–H groups in total. The van der Waals surface area contributed by atoms with Gasteiger partial charge in [-0.15, -0.1) is 0 Å². The molecular weight excluding hydrogens is 164 g/mol. The Labute approximate surface area is 84.5 Å². The highest BCUT2D eigenvalue weighted by Crippen LogP contribution is 1.47. The second-order valence-corrected chi connectivity index (χ2v) is 1.87. The van der Waals surface area contributed by atoms with E-state index in [1.807, 2.05) is 21.0 Å². The molecule has 0 unspecified atom stereocenters.